The number of carbonyl (C=O) groups is 1. The Hall–Kier alpha value is -3.83. The predicted octanol–water partition coefficient (Wildman–Crippen LogP) is 5.45. The van der Waals surface area contributed by atoms with Crippen LogP contribution in [0.2, 0.25) is 0 Å². The second-order valence-electron chi connectivity index (χ2n) is 6.25. The Morgan fingerprint density at radius 2 is 1.84 bits per heavy atom. The van der Waals surface area contributed by atoms with Crippen LogP contribution in [0.4, 0.5) is 0 Å². The van der Waals surface area contributed by atoms with Crippen LogP contribution in [0, 0.1) is 18.3 Å². The topological polar surface area (TPSA) is 105 Å². The van der Waals surface area contributed by atoms with Gasteiger partial charge in [-0.25, -0.2) is 9.78 Å². The van der Waals surface area contributed by atoms with Crippen molar-refractivity contribution in [1.82, 2.24) is 9.97 Å². The molecule has 7 nitrogen and oxygen atoms in total. The van der Waals surface area contributed by atoms with Gasteiger partial charge in [-0.15, -0.1) is 11.8 Å². The van der Waals surface area contributed by atoms with E-state index in [-0.39, 0.29) is 11.5 Å². The number of aromatic nitrogens is 2. The number of carboxylic acids is 1. The number of para-hydroxylation sites is 1. The van der Waals surface area contributed by atoms with E-state index < -0.39 is 5.97 Å². The van der Waals surface area contributed by atoms with E-state index in [2.05, 4.69) is 16.0 Å². The summed E-state index contributed by atoms with van der Waals surface area (Å²) in [6, 6.07) is 15.8. The molecule has 2 aromatic carbocycles. The van der Waals surface area contributed by atoms with Crippen LogP contribution in [0.25, 0.3) is 5.57 Å². The van der Waals surface area contributed by atoms with Crippen LogP contribution in [-0.4, -0.2) is 27.3 Å². The molecule has 0 saturated carbocycles. The van der Waals surface area contributed by atoms with Crippen LogP contribution in [0.1, 0.15) is 23.9 Å². The fourth-order valence-corrected chi connectivity index (χ4v) is 3.46. The van der Waals surface area contributed by atoms with E-state index >= 15 is 0 Å². The average Bonchev–Trinajstić information content (AvgIpc) is 2.75. The van der Waals surface area contributed by atoms with Gasteiger partial charge in [0.15, 0.2) is 0 Å². The molecule has 31 heavy (non-hydrogen) atoms. The Morgan fingerprint density at radius 3 is 2.48 bits per heavy atom. The number of thioether (sulfide) groups is 1. The zero-order valence-electron chi connectivity index (χ0n) is 17.1. The number of ether oxygens (including phenoxy) is 2. The van der Waals surface area contributed by atoms with E-state index in [1.165, 1.54) is 17.8 Å². The summed E-state index contributed by atoms with van der Waals surface area (Å²) in [7, 11) is 0. The van der Waals surface area contributed by atoms with Crippen LogP contribution in [0.15, 0.2) is 59.6 Å². The first-order valence-electron chi connectivity index (χ1n) is 9.24. The van der Waals surface area contributed by atoms with Crippen LogP contribution in [0.3, 0.4) is 0 Å². The lowest BCUT2D eigenvalue weighted by Gasteiger charge is -2.15. The van der Waals surface area contributed by atoms with Gasteiger partial charge >= 0.3 is 5.97 Å². The molecule has 156 valence electrons. The lowest BCUT2D eigenvalue weighted by atomic mass is 10.1. The van der Waals surface area contributed by atoms with Gasteiger partial charge in [-0.1, -0.05) is 24.3 Å². The molecule has 0 radical (unpaired) electrons. The maximum atomic E-state index is 11.8. The van der Waals surface area contributed by atoms with E-state index in [1.807, 2.05) is 6.26 Å². The molecule has 1 aromatic heterocycles. The monoisotopic (exact) mass is 433 g/mol. The molecule has 0 amide bonds. The molecule has 0 saturated heterocycles. The fraction of sp³-hybridized carbons (Fsp3) is 0.130. The molecule has 0 spiro atoms. The molecule has 0 aliphatic heterocycles. The highest BCUT2D eigenvalue weighted by Gasteiger charge is 2.23. The summed E-state index contributed by atoms with van der Waals surface area (Å²) in [5, 5.41) is 19.4. The lowest BCUT2D eigenvalue weighted by molar-refractivity contribution is -0.130. The number of benzene rings is 2. The van der Waals surface area contributed by atoms with E-state index in [9.17, 15) is 15.2 Å². The van der Waals surface area contributed by atoms with Gasteiger partial charge in [0.2, 0.25) is 5.88 Å². The Balaban J connectivity index is 2.00. The standard InChI is InChI=1S/C23H19N3O4S/c1-4-18(23(27)28)20-21(25-14(2)26-22(20)31-3)30-17-10-7-9-16(12-17)29-19-11-6-5-8-15(19)13-24/h4-12H,1-3H3,(H,27,28). The predicted molar refractivity (Wildman–Crippen MR) is 118 cm³/mol. The number of nitriles is 1. The SMILES string of the molecule is CC=C(C(=O)O)c1c(Oc2cccc(Oc3ccccc3C#N)c2)nc(C)nc1SC. The van der Waals surface area contributed by atoms with Crippen molar-refractivity contribution in [3.63, 3.8) is 0 Å². The van der Waals surface area contributed by atoms with Crippen molar-refractivity contribution in [2.75, 3.05) is 6.26 Å². The zero-order valence-corrected chi connectivity index (χ0v) is 17.9. The van der Waals surface area contributed by atoms with Crippen LogP contribution < -0.4 is 9.47 Å². The van der Waals surface area contributed by atoms with Crippen molar-refractivity contribution in [3.8, 4) is 29.2 Å². The van der Waals surface area contributed by atoms with Gasteiger partial charge in [0, 0.05) is 6.07 Å². The number of carboxylic acid groups (broad SMARTS) is 1. The molecule has 0 aliphatic carbocycles. The average molecular weight is 433 g/mol. The Morgan fingerprint density at radius 1 is 1.13 bits per heavy atom. The van der Waals surface area contributed by atoms with Gasteiger partial charge in [0.25, 0.3) is 0 Å². The summed E-state index contributed by atoms with van der Waals surface area (Å²) in [5.74, 6) is 0.787. The van der Waals surface area contributed by atoms with Crippen molar-refractivity contribution in [3.05, 3.63) is 71.6 Å². The minimum Gasteiger partial charge on any atom is -0.478 e. The number of nitrogens with zero attached hydrogens (tertiary/aromatic N) is 3. The van der Waals surface area contributed by atoms with Gasteiger partial charge in [-0.2, -0.15) is 10.2 Å². The number of hydrogen-bond acceptors (Lipinski definition) is 7. The minimum atomic E-state index is -1.10. The molecular weight excluding hydrogens is 414 g/mol. The molecule has 0 bridgehead atoms. The summed E-state index contributed by atoms with van der Waals surface area (Å²) < 4.78 is 11.8. The van der Waals surface area contributed by atoms with Gasteiger partial charge in [0.1, 0.15) is 34.2 Å². The molecule has 0 fully saturated rings. The van der Waals surface area contributed by atoms with E-state index in [0.717, 1.165) is 0 Å². The van der Waals surface area contributed by atoms with E-state index in [4.69, 9.17) is 9.47 Å². The molecule has 0 aliphatic rings. The smallest absolute Gasteiger partial charge is 0.336 e. The molecule has 8 heteroatoms. The Kier molecular flexibility index (Phi) is 6.90. The highest BCUT2D eigenvalue weighted by atomic mass is 32.2. The second kappa shape index (κ2) is 9.78. The van der Waals surface area contributed by atoms with Gasteiger partial charge in [-0.3, -0.25) is 0 Å². The molecule has 3 aromatic rings. The lowest BCUT2D eigenvalue weighted by Crippen LogP contribution is -2.07. The molecule has 1 N–H and O–H groups in total. The van der Waals surface area contributed by atoms with Crippen molar-refractivity contribution in [2.45, 2.75) is 18.9 Å². The maximum absolute atomic E-state index is 11.8. The summed E-state index contributed by atoms with van der Waals surface area (Å²) in [6.07, 6.45) is 3.30. The number of rotatable bonds is 7. The molecule has 3 rings (SSSR count). The quantitative estimate of drug-likeness (QED) is 0.298. The van der Waals surface area contributed by atoms with Crippen molar-refractivity contribution < 1.29 is 19.4 Å². The summed E-state index contributed by atoms with van der Waals surface area (Å²) in [4.78, 5) is 20.5. The van der Waals surface area contributed by atoms with Crippen LogP contribution >= 0.6 is 11.8 Å². The van der Waals surface area contributed by atoms with E-state index in [1.54, 1.807) is 62.4 Å². The minimum absolute atomic E-state index is 0.0507. The highest BCUT2D eigenvalue weighted by Crippen LogP contribution is 2.36. The third kappa shape index (κ3) is 5.02. The van der Waals surface area contributed by atoms with Crippen molar-refractivity contribution in [2.24, 2.45) is 0 Å². The zero-order chi connectivity index (χ0) is 22.4. The number of hydrogen-bond donors (Lipinski definition) is 1. The first kappa shape index (κ1) is 21.9. The number of aliphatic carboxylic acids is 1. The number of allylic oxidation sites excluding steroid dienone is 1. The third-order valence-electron chi connectivity index (χ3n) is 4.19. The molecule has 0 atom stereocenters. The molecule has 1 heterocycles. The van der Waals surface area contributed by atoms with Crippen LogP contribution in [0.5, 0.6) is 23.1 Å². The Bertz CT molecular complexity index is 1200. The first-order chi connectivity index (χ1) is 15.0. The number of aryl methyl sites for hydroxylation is 1. The van der Waals surface area contributed by atoms with Gasteiger partial charge in [0.05, 0.1) is 16.7 Å². The largest absolute Gasteiger partial charge is 0.478 e. The normalized spacial score (nSPS) is 11.0. The highest BCUT2D eigenvalue weighted by molar-refractivity contribution is 7.98. The van der Waals surface area contributed by atoms with Crippen molar-refractivity contribution >= 4 is 23.3 Å². The van der Waals surface area contributed by atoms with Gasteiger partial charge in [-0.05, 0) is 44.4 Å². The van der Waals surface area contributed by atoms with Crippen LogP contribution in [-0.2, 0) is 4.79 Å². The fourth-order valence-electron chi connectivity index (χ4n) is 2.84. The summed E-state index contributed by atoms with van der Waals surface area (Å²) in [6.45, 7) is 3.35. The maximum Gasteiger partial charge on any atom is 0.336 e. The molecular formula is C23H19N3O4S. The van der Waals surface area contributed by atoms with Crippen molar-refractivity contribution in [1.29, 1.82) is 5.26 Å². The van der Waals surface area contributed by atoms with E-state index in [0.29, 0.717) is 39.2 Å². The third-order valence-corrected chi connectivity index (χ3v) is 4.87. The Labute approximate surface area is 184 Å². The second-order valence-corrected chi connectivity index (χ2v) is 7.05. The summed E-state index contributed by atoms with van der Waals surface area (Å²) >= 11 is 1.31. The molecule has 0 unspecified atom stereocenters. The van der Waals surface area contributed by atoms with Gasteiger partial charge < -0.3 is 14.6 Å². The summed E-state index contributed by atoms with van der Waals surface area (Å²) in [5.41, 5.74) is 0.773. The first-order valence-corrected chi connectivity index (χ1v) is 10.5.